The van der Waals surface area contributed by atoms with E-state index in [-0.39, 0.29) is 11.3 Å². The summed E-state index contributed by atoms with van der Waals surface area (Å²) in [6.45, 7) is 4.05. The number of nitrogens with one attached hydrogen (secondary N) is 1. The lowest BCUT2D eigenvalue weighted by Gasteiger charge is -2.42. The minimum absolute atomic E-state index is 0.166. The first kappa shape index (κ1) is 11.7. The molecule has 0 aliphatic carbocycles. The zero-order valence-electron chi connectivity index (χ0n) is 11.0. The molecule has 1 fully saturated rings. The fraction of sp³-hybridized carbons (Fsp3) is 0.571. The van der Waals surface area contributed by atoms with Gasteiger partial charge < -0.3 is 10.2 Å². The van der Waals surface area contributed by atoms with Gasteiger partial charge in [-0.1, -0.05) is 6.07 Å². The molecule has 96 valence electrons. The Morgan fingerprint density at radius 3 is 2.83 bits per heavy atom. The van der Waals surface area contributed by atoms with E-state index in [4.69, 9.17) is 0 Å². The van der Waals surface area contributed by atoms with E-state index < -0.39 is 0 Å². The molecule has 2 aliphatic rings. The molecule has 1 saturated heterocycles. The Bertz CT molecular complexity index is 490. The number of carbonyl (C=O) groups excluding carboxylic acids is 1. The third kappa shape index (κ3) is 1.81. The van der Waals surface area contributed by atoms with Gasteiger partial charge in [-0.15, -0.1) is 0 Å². The number of hydrogen-bond donors (Lipinski definition) is 1. The summed E-state index contributed by atoms with van der Waals surface area (Å²) in [5, 5.41) is 2.99. The van der Waals surface area contributed by atoms with Crippen LogP contribution in [0.25, 0.3) is 0 Å². The molecule has 0 unspecified atom stereocenters. The molecule has 0 bridgehead atoms. The smallest absolute Gasteiger partial charge is 0.232 e. The van der Waals surface area contributed by atoms with Gasteiger partial charge in [0.15, 0.2) is 0 Å². The zero-order valence-corrected chi connectivity index (χ0v) is 11.0. The molecule has 18 heavy (non-hydrogen) atoms. The minimum atomic E-state index is -0.199. The van der Waals surface area contributed by atoms with Crippen molar-refractivity contribution >= 4 is 11.7 Å². The maximum Gasteiger partial charge on any atom is 0.232 e. The summed E-state index contributed by atoms with van der Waals surface area (Å²) in [6, 6.07) is 2.15. The van der Waals surface area contributed by atoms with Crippen molar-refractivity contribution in [2.75, 3.05) is 25.5 Å². The summed E-state index contributed by atoms with van der Waals surface area (Å²) in [4.78, 5) is 19.0. The number of rotatable bonds is 0. The van der Waals surface area contributed by atoms with Crippen molar-refractivity contribution in [1.29, 1.82) is 0 Å². The largest absolute Gasteiger partial charge is 0.310 e. The molecule has 1 aromatic rings. The number of likely N-dealkylation sites (tertiary alicyclic amines) is 1. The normalized spacial score (nSPS) is 22.7. The second-order valence-electron chi connectivity index (χ2n) is 5.73. The Morgan fingerprint density at radius 2 is 2.11 bits per heavy atom. The van der Waals surface area contributed by atoms with Gasteiger partial charge in [0.2, 0.25) is 5.91 Å². The number of fused-ring (bicyclic) bond motifs is 1. The molecule has 1 spiro atoms. The highest BCUT2D eigenvalue weighted by atomic mass is 16.2. The summed E-state index contributed by atoms with van der Waals surface area (Å²) < 4.78 is 0. The average Bonchev–Trinajstić information content (AvgIpc) is 2.35. The topological polar surface area (TPSA) is 45.2 Å². The number of piperidine rings is 1. The summed E-state index contributed by atoms with van der Waals surface area (Å²) in [5.41, 5.74) is 2.15. The molecule has 4 nitrogen and oxygen atoms in total. The summed E-state index contributed by atoms with van der Waals surface area (Å²) in [6.07, 6.45) is 4.55. The SMILES string of the molecule is Cc1cnc2c(c1)CC1(CCN(C)CC1)C(=O)N2. The molecule has 3 rings (SSSR count). The molecule has 1 amide bonds. The van der Waals surface area contributed by atoms with Gasteiger partial charge in [-0.25, -0.2) is 4.98 Å². The van der Waals surface area contributed by atoms with E-state index in [1.54, 1.807) is 0 Å². The van der Waals surface area contributed by atoms with Gasteiger partial charge in [0.1, 0.15) is 5.82 Å². The van der Waals surface area contributed by atoms with Crippen molar-refractivity contribution in [3.05, 3.63) is 23.4 Å². The first-order valence-electron chi connectivity index (χ1n) is 6.55. The van der Waals surface area contributed by atoms with Crippen LogP contribution in [-0.4, -0.2) is 35.9 Å². The van der Waals surface area contributed by atoms with Gasteiger partial charge in [0.05, 0.1) is 5.41 Å². The van der Waals surface area contributed by atoms with E-state index in [0.717, 1.165) is 43.7 Å². The average molecular weight is 245 g/mol. The van der Waals surface area contributed by atoms with Crippen LogP contribution in [0.5, 0.6) is 0 Å². The number of pyridine rings is 1. The highest BCUT2D eigenvalue weighted by Gasteiger charge is 2.44. The van der Waals surface area contributed by atoms with Gasteiger partial charge in [0.25, 0.3) is 0 Å². The lowest BCUT2D eigenvalue weighted by molar-refractivity contribution is -0.128. The standard InChI is InChI=1S/C14H19N3O/c1-10-7-11-8-14(3-5-17(2)6-4-14)13(18)16-12(11)15-9-10/h7,9H,3-6,8H2,1-2H3,(H,15,16,18). The van der Waals surface area contributed by atoms with Crippen LogP contribution in [0.2, 0.25) is 0 Å². The van der Waals surface area contributed by atoms with Gasteiger partial charge in [0, 0.05) is 6.20 Å². The van der Waals surface area contributed by atoms with Crippen LogP contribution in [0.4, 0.5) is 5.82 Å². The zero-order chi connectivity index (χ0) is 12.8. The van der Waals surface area contributed by atoms with Crippen LogP contribution in [0.3, 0.4) is 0 Å². The van der Waals surface area contributed by atoms with Gasteiger partial charge in [-0.2, -0.15) is 0 Å². The third-order valence-corrected chi connectivity index (χ3v) is 4.29. The number of aromatic nitrogens is 1. The Morgan fingerprint density at radius 1 is 1.39 bits per heavy atom. The fourth-order valence-electron chi connectivity index (χ4n) is 3.01. The molecule has 0 radical (unpaired) electrons. The summed E-state index contributed by atoms with van der Waals surface area (Å²) in [7, 11) is 2.12. The number of nitrogens with zero attached hydrogens (tertiary/aromatic N) is 2. The maximum atomic E-state index is 12.4. The van der Waals surface area contributed by atoms with Crippen LogP contribution in [0, 0.1) is 12.3 Å². The van der Waals surface area contributed by atoms with Gasteiger partial charge in [-0.3, -0.25) is 4.79 Å². The van der Waals surface area contributed by atoms with Crippen molar-refractivity contribution in [2.45, 2.75) is 26.2 Å². The molecule has 2 aliphatic heterocycles. The maximum absolute atomic E-state index is 12.4. The number of aryl methyl sites for hydroxylation is 1. The Kier molecular flexibility index (Phi) is 2.63. The Hall–Kier alpha value is -1.42. The van der Waals surface area contributed by atoms with E-state index in [2.05, 4.69) is 28.3 Å². The third-order valence-electron chi connectivity index (χ3n) is 4.29. The van der Waals surface area contributed by atoms with Crippen molar-refractivity contribution in [2.24, 2.45) is 5.41 Å². The summed E-state index contributed by atoms with van der Waals surface area (Å²) in [5.74, 6) is 0.926. The van der Waals surface area contributed by atoms with Crippen LogP contribution in [0.1, 0.15) is 24.0 Å². The predicted octanol–water partition coefficient (Wildman–Crippen LogP) is 1.60. The highest BCUT2D eigenvalue weighted by molar-refractivity contribution is 5.97. The van der Waals surface area contributed by atoms with Gasteiger partial charge >= 0.3 is 0 Å². The first-order valence-corrected chi connectivity index (χ1v) is 6.55. The van der Waals surface area contributed by atoms with E-state index >= 15 is 0 Å². The van der Waals surface area contributed by atoms with Gasteiger partial charge in [-0.05, 0) is 57.5 Å². The second-order valence-corrected chi connectivity index (χ2v) is 5.73. The minimum Gasteiger partial charge on any atom is -0.310 e. The molecule has 4 heteroatoms. The first-order chi connectivity index (χ1) is 8.59. The van der Waals surface area contributed by atoms with E-state index in [9.17, 15) is 4.79 Å². The van der Waals surface area contributed by atoms with Crippen LogP contribution in [-0.2, 0) is 11.2 Å². The van der Waals surface area contributed by atoms with Crippen molar-refractivity contribution < 1.29 is 4.79 Å². The van der Waals surface area contributed by atoms with E-state index in [0.29, 0.717) is 0 Å². The molecule has 1 N–H and O–H groups in total. The monoisotopic (exact) mass is 245 g/mol. The Labute approximate surface area is 107 Å². The lowest BCUT2D eigenvalue weighted by atomic mass is 9.71. The van der Waals surface area contributed by atoms with Crippen LogP contribution >= 0.6 is 0 Å². The predicted molar refractivity (Wildman–Crippen MR) is 70.5 cm³/mol. The van der Waals surface area contributed by atoms with Crippen molar-refractivity contribution in [3.8, 4) is 0 Å². The molecule has 3 heterocycles. The molecule has 0 saturated carbocycles. The lowest BCUT2D eigenvalue weighted by Crippen LogP contribution is -2.49. The Balaban J connectivity index is 1.93. The van der Waals surface area contributed by atoms with Crippen molar-refractivity contribution in [3.63, 3.8) is 0 Å². The quantitative estimate of drug-likeness (QED) is 0.755. The molecule has 0 atom stereocenters. The number of amides is 1. The van der Waals surface area contributed by atoms with E-state index in [1.165, 1.54) is 5.56 Å². The molecule has 0 aromatic carbocycles. The second kappa shape index (κ2) is 4.05. The van der Waals surface area contributed by atoms with Crippen molar-refractivity contribution in [1.82, 2.24) is 9.88 Å². The number of anilines is 1. The van der Waals surface area contributed by atoms with Crippen LogP contribution < -0.4 is 5.32 Å². The molecular formula is C14H19N3O. The highest BCUT2D eigenvalue weighted by Crippen LogP contribution is 2.40. The number of carbonyl (C=O) groups is 1. The fourth-order valence-corrected chi connectivity index (χ4v) is 3.01. The molecule has 1 aromatic heterocycles. The van der Waals surface area contributed by atoms with Crippen LogP contribution in [0.15, 0.2) is 12.3 Å². The number of hydrogen-bond acceptors (Lipinski definition) is 3. The summed E-state index contributed by atoms with van der Waals surface area (Å²) >= 11 is 0. The van der Waals surface area contributed by atoms with E-state index in [1.807, 2.05) is 13.1 Å². The molecular weight excluding hydrogens is 226 g/mol.